The molecule has 0 amide bonds. The standard InChI is InChI=1S/C19H17FN6/c1-12(13-5-3-2-4-6-13)24-18-15(21)9-23-19(25-18)16-10-22-17-8-7-14(20)11-26(16)17/h2-12H,21H2,1H3,(H,23,24,25)/t12-/m0/s1. The third kappa shape index (κ3) is 2.95. The zero-order valence-electron chi connectivity index (χ0n) is 14.1. The molecule has 4 aromatic rings. The molecule has 4 rings (SSSR count). The van der Waals surface area contributed by atoms with Crippen LogP contribution in [0.15, 0.2) is 61.1 Å². The maximum atomic E-state index is 13.6. The third-order valence-electron chi connectivity index (χ3n) is 4.17. The van der Waals surface area contributed by atoms with Gasteiger partial charge in [-0.3, -0.25) is 4.40 Å². The van der Waals surface area contributed by atoms with Gasteiger partial charge in [0.25, 0.3) is 0 Å². The molecule has 1 atom stereocenters. The Morgan fingerprint density at radius 1 is 1.08 bits per heavy atom. The lowest BCUT2D eigenvalue weighted by atomic mass is 10.1. The van der Waals surface area contributed by atoms with Crippen molar-refractivity contribution in [1.29, 1.82) is 0 Å². The second-order valence-corrected chi connectivity index (χ2v) is 5.99. The molecule has 3 aromatic heterocycles. The number of fused-ring (bicyclic) bond motifs is 1. The number of nitrogens with two attached hydrogens (primary N) is 1. The van der Waals surface area contributed by atoms with Crippen molar-refractivity contribution in [1.82, 2.24) is 19.4 Å². The molecule has 0 aliphatic carbocycles. The van der Waals surface area contributed by atoms with E-state index in [-0.39, 0.29) is 11.9 Å². The summed E-state index contributed by atoms with van der Waals surface area (Å²) in [6.45, 7) is 2.03. The van der Waals surface area contributed by atoms with E-state index in [1.54, 1.807) is 22.9 Å². The summed E-state index contributed by atoms with van der Waals surface area (Å²) in [5.41, 5.74) is 8.80. The van der Waals surface area contributed by atoms with Gasteiger partial charge in [0.05, 0.1) is 24.1 Å². The van der Waals surface area contributed by atoms with Crippen LogP contribution in [0.25, 0.3) is 17.2 Å². The number of rotatable bonds is 4. The number of hydrogen-bond acceptors (Lipinski definition) is 5. The number of benzene rings is 1. The Bertz CT molecular complexity index is 1060. The molecule has 0 unspecified atom stereocenters. The molecule has 0 saturated carbocycles. The van der Waals surface area contributed by atoms with E-state index in [4.69, 9.17) is 5.73 Å². The van der Waals surface area contributed by atoms with Gasteiger partial charge < -0.3 is 11.1 Å². The first-order valence-corrected chi connectivity index (χ1v) is 8.19. The van der Waals surface area contributed by atoms with Crippen LogP contribution < -0.4 is 11.1 Å². The molecule has 26 heavy (non-hydrogen) atoms. The van der Waals surface area contributed by atoms with Crippen molar-refractivity contribution in [2.45, 2.75) is 13.0 Å². The van der Waals surface area contributed by atoms with E-state index in [2.05, 4.69) is 20.3 Å². The predicted molar refractivity (Wildman–Crippen MR) is 99.1 cm³/mol. The lowest BCUT2D eigenvalue weighted by molar-refractivity contribution is 0.619. The summed E-state index contributed by atoms with van der Waals surface area (Å²) in [5.74, 6) is 0.584. The minimum Gasteiger partial charge on any atom is -0.394 e. The number of pyridine rings is 1. The van der Waals surface area contributed by atoms with Crippen LogP contribution in [0.5, 0.6) is 0 Å². The van der Waals surface area contributed by atoms with Crippen LogP contribution >= 0.6 is 0 Å². The molecule has 130 valence electrons. The number of anilines is 2. The molecule has 0 aliphatic rings. The number of hydrogen-bond donors (Lipinski definition) is 2. The Labute approximate surface area is 149 Å². The van der Waals surface area contributed by atoms with Crippen LogP contribution in [0.4, 0.5) is 15.9 Å². The van der Waals surface area contributed by atoms with Crippen LogP contribution in [0.1, 0.15) is 18.5 Å². The Kier molecular flexibility index (Phi) is 3.96. The highest BCUT2D eigenvalue weighted by Crippen LogP contribution is 2.25. The molecule has 0 aliphatic heterocycles. The van der Waals surface area contributed by atoms with Gasteiger partial charge in [0.2, 0.25) is 0 Å². The molecule has 0 saturated heterocycles. The van der Waals surface area contributed by atoms with Crippen molar-refractivity contribution in [2.24, 2.45) is 0 Å². The first-order chi connectivity index (χ1) is 12.6. The highest BCUT2D eigenvalue weighted by molar-refractivity contribution is 5.66. The van der Waals surface area contributed by atoms with Crippen LogP contribution in [-0.4, -0.2) is 19.4 Å². The Hall–Kier alpha value is -3.48. The summed E-state index contributed by atoms with van der Waals surface area (Å²) in [5, 5.41) is 3.31. The van der Waals surface area contributed by atoms with Crippen LogP contribution in [-0.2, 0) is 0 Å². The summed E-state index contributed by atoms with van der Waals surface area (Å²) in [6.07, 6.45) is 4.52. The van der Waals surface area contributed by atoms with E-state index in [0.717, 1.165) is 5.56 Å². The maximum absolute atomic E-state index is 13.6. The number of halogens is 1. The van der Waals surface area contributed by atoms with E-state index in [1.165, 1.54) is 12.3 Å². The Balaban J connectivity index is 1.71. The number of aromatic nitrogens is 4. The largest absolute Gasteiger partial charge is 0.394 e. The first kappa shape index (κ1) is 16.0. The fourth-order valence-electron chi connectivity index (χ4n) is 2.78. The molecule has 6 nitrogen and oxygen atoms in total. The molecular formula is C19H17FN6. The van der Waals surface area contributed by atoms with Crippen LogP contribution in [0.3, 0.4) is 0 Å². The van der Waals surface area contributed by atoms with Crippen molar-refractivity contribution in [3.05, 3.63) is 72.4 Å². The zero-order chi connectivity index (χ0) is 18.1. The predicted octanol–water partition coefficient (Wildman–Crippen LogP) is 3.69. The van der Waals surface area contributed by atoms with Crippen LogP contribution in [0.2, 0.25) is 0 Å². The minimum absolute atomic E-state index is 0.0147. The van der Waals surface area contributed by atoms with Gasteiger partial charge >= 0.3 is 0 Å². The molecule has 7 heteroatoms. The molecular weight excluding hydrogens is 331 g/mol. The molecule has 0 fully saturated rings. The average molecular weight is 348 g/mol. The summed E-state index contributed by atoms with van der Waals surface area (Å²) in [7, 11) is 0. The van der Waals surface area contributed by atoms with Gasteiger partial charge in [-0.05, 0) is 24.6 Å². The van der Waals surface area contributed by atoms with Crippen molar-refractivity contribution in [3.63, 3.8) is 0 Å². The van der Waals surface area contributed by atoms with Gasteiger partial charge in [0.1, 0.15) is 17.2 Å². The second kappa shape index (κ2) is 6.44. The highest BCUT2D eigenvalue weighted by atomic mass is 19.1. The number of nitrogen functional groups attached to an aromatic ring is 1. The first-order valence-electron chi connectivity index (χ1n) is 8.19. The summed E-state index contributed by atoms with van der Waals surface area (Å²) in [6, 6.07) is 13.0. The lowest BCUT2D eigenvalue weighted by Crippen LogP contribution is -2.11. The summed E-state index contributed by atoms with van der Waals surface area (Å²) < 4.78 is 15.2. The minimum atomic E-state index is -0.358. The Morgan fingerprint density at radius 2 is 1.88 bits per heavy atom. The molecule has 3 N–H and O–H groups in total. The van der Waals surface area contributed by atoms with E-state index >= 15 is 0 Å². The molecule has 0 bridgehead atoms. The number of imidazole rings is 1. The molecule has 0 spiro atoms. The van der Waals surface area contributed by atoms with Crippen molar-refractivity contribution < 1.29 is 4.39 Å². The number of nitrogens with zero attached hydrogens (tertiary/aromatic N) is 4. The maximum Gasteiger partial charge on any atom is 0.180 e. The fraction of sp³-hybridized carbons (Fsp3) is 0.105. The van der Waals surface area contributed by atoms with Crippen molar-refractivity contribution in [3.8, 4) is 11.5 Å². The number of nitrogens with one attached hydrogen (secondary N) is 1. The van der Waals surface area contributed by atoms with Gasteiger partial charge in [-0.15, -0.1) is 0 Å². The van der Waals surface area contributed by atoms with Gasteiger partial charge in [0, 0.05) is 6.20 Å². The third-order valence-corrected chi connectivity index (χ3v) is 4.17. The van der Waals surface area contributed by atoms with E-state index in [0.29, 0.717) is 28.7 Å². The quantitative estimate of drug-likeness (QED) is 0.588. The SMILES string of the molecule is C[C@H](Nc1nc(-c2cnc3ccc(F)cn23)ncc1N)c1ccccc1. The molecule has 1 aromatic carbocycles. The van der Waals surface area contributed by atoms with E-state index < -0.39 is 0 Å². The van der Waals surface area contributed by atoms with Gasteiger partial charge in [0.15, 0.2) is 11.6 Å². The van der Waals surface area contributed by atoms with Gasteiger partial charge in [-0.25, -0.2) is 19.3 Å². The summed E-state index contributed by atoms with van der Waals surface area (Å²) >= 11 is 0. The Morgan fingerprint density at radius 3 is 2.69 bits per heavy atom. The normalized spacial score (nSPS) is 12.2. The topological polar surface area (TPSA) is 81.1 Å². The van der Waals surface area contributed by atoms with E-state index in [1.807, 2.05) is 37.3 Å². The average Bonchev–Trinajstić information content (AvgIpc) is 3.07. The van der Waals surface area contributed by atoms with Gasteiger partial charge in [-0.2, -0.15) is 0 Å². The van der Waals surface area contributed by atoms with E-state index in [9.17, 15) is 4.39 Å². The monoisotopic (exact) mass is 348 g/mol. The fourth-order valence-corrected chi connectivity index (χ4v) is 2.78. The lowest BCUT2D eigenvalue weighted by Gasteiger charge is -2.16. The second-order valence-electron chi connectivity index (χ2n) is 5.99. The van der Waals surface area contributed by atoms with Crippen molar-refractivity contribution >= 4 is 17.2 Å². The smallest absolute Gasteiger partial charge is 0.180 e. The van der Waals surface area contributed by atoms with Crippen LogP contribution in [0, 0.1) is 5.82 Å². The van der Waals surface area contributed by atoms with Gasteiger partial charge in [-0.1, -0.05) is 30.3 Å². The molecule has 0 radical (unpaired) electrons. The molecule has 3 heterocycles. The zero-order valence-corrected chi connectivity index (χ0v) is 14.1. The summed E-state index contributed by atoms with van der Waals surface area (Å²) in [4.78, 5) is 13.1. The van der Waals surface area contributed by atoms with Crippen molar-refractivity contribution in [2.75, 3.05) is 11.1 Å². The highest BCUT2D eigenvalue weighted by Gasteiger charge is 2.14.